The van der Waals surface area contributed by atoms with Gasteiger partial charge in [0.25, 0.3) is 5.90 Å². The summed E-state index contributed by atoms with van der Waals surface area (Å²) in [5, 5.41) is 12.1. The molecule has 0 bridgehead atoms. The Morgan fingerprint density at radius 2 is 1.65 bits per heavy atom. The molecule has 1 unspecified atom stereocenters. The average molecular weight is 478 g/mol. The Labute approximate surface area is 199 Å². The molecule has 34 heavy (non-hydrogen) atoms. The van der Waals surface area contributed by atoms with Crippen LogP contribution in [0.3, 0.4) is 0 Å². The highest BCUT2D eigenvalue weighted by molar-refractivity contribution is 6.33. The number of ether oxygens (including phenoxy) is 1. The van der Waals surface area contributed by atoms with Crippen molar-refractivity contribution in [3.63, 3.8) is 0 Å². The molecule has 2 heterocycles. The van der Waals surface area contributed by atoms with Gasteiger partial charge in [0.2, 0.25) is 22.6 Å². The largest absolute Gasteiger partial charge is 0.463 e. The van der Waals surface area contributed by atoms with Crippen LogP contribution in [0.5, 0.6) is 0 Å². The van der Waals surface area contributed by atoms with Gasteiger partial charge in [-0.1, -0.05) is 55.1 Å². The monoisotopic (exact) mass is 477 g/mol. The maximum Gasteiger partial charge on any atom is 0.254 e. The van der Waals surface area contributed by atoms with Crippen molar-refractivity contribution in [2.75, 3.05) is 0 Å². The van der Waals surface area contributed by atoms with E-state index in [-0.39, 0.29) is 45.4 Å². The van der Waals surface area contributed by atoms with Crippen molar-refractivity contribution in [3.05, 3.63) is 80.2 Å². The summed E-state index contributed by atoms with van der Waals surface area (Å²) in [5.41, 5.74) is -2.78. The average Bonchev–Trinajstić information content (AvgIpc) is 3.30. The first-order chi connectivity index (χ1) is 16.4. The van der Waals surface area contributed by atoms with Crippen molar-refractivity contribution in [2.45, 2.75) is 49.9 Å². The number of hydrogen-bond acceptors (Lipinski definition) is 7. The molecule has 0 amide bonds. The van der Waals surface area contributed by atoms with Crippen LogP contribution in [0.4, 0.5) is 0 Å². The van der Waals surface area contributed by atoms with Gasteiger partial charge in [0.05, 0.1) is 17.0 Å². The smallest absolute Gasteiger partial charge is 0.254 e. The summed E-state index contributed by atoms with van der Waals surface area (Å²) in [4.78, 5) is 44.9. The van der Waals surface area contributed by atoms with Gasteiger partial charge in [-0.05, 0) is 31.0 Å². The molecule has 7 nitrogen and oxygen atoms in total. The predicted octanol–water partition coefficient (Wildman–Crippen LogP) is 4.41. The van der Waals surface area contributed by atoms with Gasteiger partial charge in [0, 0.05) is 16.1 Å². The first kappa shape index (κ1) is 21.3. The highest BCUT2D eigenvalue weighted by Gasteiger charge is 2.62. The van der Waals surface area contributed by atoms with Crippen molar-refractivity contribution in [1.82, 2.24) is 0 Å². The summed E-state index contributed by atoms with van der Waals surface area (Å²) in [6.07, 6.45) is 3.30. The van der Waals surface area contributed by atoms with Gasteiger partial charge in [-0.2, -0.15) is 0 Å². The quantitative estimate of drug-likeness (QED) is 0.548. The van der Waals surface area contributed by atoms with E-state index in [2.05, 4.69) is 0 Å². The van der Waals surface area contributed by atoms with E-state index in [9.17, 15) is 19.5 Å². The Balaban J connectivity index is 1.57. The molecule has 3 aromatic rings. The topological polar surface area (TPSA) is 106 Å². The van der Waals surface area contributed by atoms with Gasteiger partial charge >= 0.3 is 0 Å². The van der Waals surface area contributed by atoms with Crippen LogP contribution in [0.25, 0.3) is 11.0 Å². The predicted molar refractivity (Wildman–Crippen MR) is 125 cm³/mol. The van der Waals surface area contributed by atoms with E-state index in [0.29, 0.717) is 5.02 Å². The van der Waals surface area contributed by atoms with Gasteiger partial charge in [0.1, 0.15) is 5.58 Å². The van der Waals surface area contributed by atoms with Gasteiger partial charge in [0.15, 0.2) is 11.9 Å². The summed E-state index contributed by atoms with van der Waals surface area (Å²) in [5.74, 6) is -1.55. The molecule has 6 rings (SSSR count). The third-order valence-corrected chi connectivity index (χ3v) is 7.17. The Bertz CT molecular complexity index is 1430. The highest BCUT2D eigenvalue weighted by Crippen LogP contribution is 2.45. The van der Waals surface area contributed by atoms with Crippen LogP contribution in [-0.2, 0) is 4.74 Å². The molecule has 1 fully saturated rings. The molecule has 2 aliphatic carbocycles. The molecule has 0 saturated heterocycles. The second-order valence-electron chi connectivity index (χ2n) is 9.01. The van der Waals surface area contributed by atoms with Gasteiger partial charge in [-0.25, -0.2) is 4.99 Å². The highest BCUT2D eigenvalue weighted by atomic mass is 35.5. The fourth-order valence-electron chi connectivity index (χ4n) is 5.19. The van der Waals surface area contributed by atoms with Crippen molar-refractivity contribution in [3.8, 4) is 0 Å². The Hall–Kier alpha value is -3.29. The van der Waals surface area contributed by atoms with E-state index in [4.69, 9.17) is 25.7 Å². The Morgan fingerprint density at radius 1 is 0.971 bits per heavy atom. The number of ketones is 2. The molecule has 1 aromatic heterocycles. The summed E-state index contributed by atoms with van der Waals surface area (Å²) in [6, 6.07) is 10.8. The maximum atomic E-state index is 13.6. The van der Waals surface area contributed by atoms with E-state index in [1.807, 2.05) is 0 Å². The van der Waals surface area contributed by atoms with Crippen LogP contribution >= 0.6 is 11.6 Å². The Morgan fingerprint density at radius 3 is 2.32 bits per heavy atom. The number of hydrogen-bond donors (Lipinski definition) is 1. The number of benzene rings is 2. The number of nitrogens with zero attached hydrogens (tertiary/aromatic N) is 1. The number of carbonyl (C=O) groups is 2. The normalized spacial score (nSPS) is 22.8. The fourth-order valence-corrected chi connectivity index (χ4v) is 5.37. The Kier molecular flexibility index (Phi) is 4.76. The lowest BCUT2D eigenvalue weighted by molar-refractivity contribution is -0.0218. The minimum atomic E-state index is -2.61. The lowest BCUT2D eigenvalue weighted by Gasteiger charge is -2.25. The lowest BCUT2D eigenvalue weighted by Crippen LogP contribution is -2.48. The van der Waals surface area contributed by atoms with Crippen LogP contribution in [0.15, 0.2) is 56.7 Å². The molecular formula is C26H20ClNO6. The molecule has 8 heteroatoms. The zero-order valence-corrected chi connectivity index (χ0v) is 18.8. The van der Waals surface area contributed by atoms with Crippen LogP contribution in [-0.4, -0.2) is 34.2 Å². The summed E-state index contributed by atoms with van der Waals surface area (Å²) in [7, 11) is 0. The minimum absolute atomic E-state index is 0.0332. The summed E-state index contributed by atoms with van der Waals surface area (Å²) >= 11 is 6.10. The molecular weight excluding hydrogens is 458 g/mol. The first-order valence-corrected chi connectivity index (χ1v) is 11.7. The van der Waals surface area contributed by atoms with Crippen LogP contribution < -0.4 is 5.43 Å². The van der Waals surface area contributed by atoms with Gasteiger partial charge < -0.3 is 14.3 Å². The maximum absolute atomic E-state index is 13.6. The molecule has 1 N–H and O–H groups in total. The molecule has 2 aromatic carbocycles. The third-order valence-electron chi connectivity index (χ3n) is 6.94. The van der Waals surface area contributed by atoms with E-state index in [1.54, 1.807) is 24.3 Å². The van der Waals surface area contributed by atoms with Crippen LogP contribution in [0.2, 0.25) is 5.02 Å². The molecule has 1 saturated carbocycles. The number of fused-ring (bicyclic) bond motifs is 3. The summed E-state index contributed by atoms with van der Waals surface area (Å²) < 4.78 is 12.0. The first-order valence-electron chi connectivity index (χ1n) is 11.3. The third kappa shape index (κ3) is 2.93. The molecule has 1 aliphatic heterocycles. The molecule has 3 aliphatic rings. The zero-order valence-electron chi connectivity index (χ0n) is 18.0. The number of carbonyl (C=O) groups excluding carboxylic acids is 2. The molecule has 0 radical (unpaired) electrons. The van der Waals surface area contributed by atoms with Crippen LogP contribution in [0.1, 0.15) is 70.2 Å². The van der Waals surface area contributed by atoms with Gasteiger partial charge in [-0.15, -0.1) is 0 Å². The van der Waals surface area contributed by atoms with Crippen molar-refractivity contribution in [2.24, 2.45) is 4.99 Å². The second kappa shape index (κ2) is 7.61. The minimum Gasteiger partial charge on any atom is -0.463 e. The molecule has 172 valence electrons. The number of rotatable bonds is 2. The van der Waals surface area contributed by atoms with E-state index in [0.717, 1.165) is 32.1 Å². The number of halogens is 1. The van der Waals surface area contributed by atoms with Crippen molar-refractivity contribution < 1.29 is 23.8 Å². The van der Waals surface area contributed by atoms with Gasteiger partial charge in [-0.3, -0.25) is 14.4 Å². The zero-order chi connectivity index (χ0) is 23.6. The molecule has 0 spiro atoms. The van der Waals surface area contributed by atoms with E-state index in [1.165, 1.54) is 18.2 Å². The van der Waals surface area contributed by atoms with Crippen molar-refractivity contribution in [1.29, 1.82) is 0 Å². The summed E-state index contributed by atoms with van der Waals surface area (Å²) in [6.45, 7) is 0. The fraction of sp³-hybridized carbons (Fsp3) is 0.308. The number of Topliss-reactive ketones (excluding diaryl/α,β-unsaturated/α-hetero) is 2. The van der Waals surface area contributed by atoms with Crippen molar-refractivity contribution >= 4 is 40.0 Å². The molecule has 1 atom stereocenters. The lowest BCUT2D eigenvalue weighted by atomic mass is 9.86. The van der Waals surface area contributed by atoms with E-state index >= 15 is 0 Å². The van der Waals surface area contributed by atoms with Crippen LogP contribution in [0, 0.1) is 0 Å². The number of aliphatic imine (C=N–C) groups is 1. The number of aliphatic hydroxyl groups is 1. The second-order valence-corrected chi connectivity index (χ2v) is 9.45. The standard InChI is InChI=1S/C26H20ClNO6/c27-13-10-11-18-17(12-13)20(29)19-21(33-18)25(28-14-6-2-1-3-7-14)34-24(19)26(32)22(30)15-8-4-5-9-16(15)23(26)31/h4-5,8-12,14,24,32H,1-3,6-7H2. The SMILES string of the molecule is O=C1c2ccccc2C(=O)C1(O)C1OC(=NC2CCCCC2)c2oc3ccc(Cl)cc3c(=O)c21. The van der Waals surface area contributed by atoms with E-state index < -0.39 is 28.7 Å².